The summed E-state index contributed by atoms with van der Waals surface area (Å²) in [5.41, 5.74) is 1.11. The predicted molar refractivity (Wildman–Crippen MR) is 119 cm³/mol. The third-order valence-corrected chi connectivity index (χ3v) is 5.31. The Morgan fingerprint density at radius 1 is 0.938 bits per heavy atom. The lowest BCUT2D eigenvalue weighted by Crippen LogP contribution is -2.32. The van der Waals surface area contributed by atoms with Crippen LogP contribution in [0.25, 0.3) is 11.0 Å². The van der Waals surface area contributed by atoms with Gasteiger partial charge in [0.1, 0.15) is 16.7 Å². The van der Waals surface area contributed by atoms with Crippen molar-refractivity contribution in [3.05, 3.63) is 94.1 Å². The van der Waals surface area contributed by atoms with Crippen LogP contribution in [0, 0.1) is 0 Å². The number of halogens is 2. The van der Waals surface area contributed by atoms with Gasteiger partial charge in [-0.15, -0.1) is 0 Å². The molecule has 9 heteroatoms. The normalized spacial score (nSPS) is 15.0. The van der Waals surface area contributed by atoms with Crippen molar-refractivity contribution in [2.24, 2.45) is 0 Å². The fourth-order valence-corrected chi connectivity index (χ4v) is 3.77. The van der Waals surface area contributed by atoms with Crippen molar-refractivity contribution in [3.63, 3.8) is 0 Å². The number of aromatic nitrogens is 2. The number of ether oxygens (including phenoxy) is 2. The van der Waals surface area contributed by atoms with Gasteiger partial charge in [-0.3, -0.25) is 9.69 Å². The van der Waals surface area contributed by atoms with Crippen LogP contribution in [0.15, 0.2) is 72.8 Å². The van der Waals surface area contributed by atoms with E-state index in [1.54, 1.807) is 72.8 Å². The summed E-state index contributed by atoms with van der Waals surface area (Å²) >= 11 is 12.1. The van der Waals surface area contributed by atoms with Gasteiger partial charge in [0.15, 0.2) is 5.65 Å². The number of benzene rings is 2. The average Bonchev–Trinajstić information content (AvgIpc) is 3.04. The van der Waals surface area contributed by atoms with Crippen LogP contribution in [-0.2, 0) is 4.74 Å². The third kappa shape index (κ3) is 3.72. The van der Waals surface area contributed by atoms with Crippen LogP contribution in [0.2, 0.25) is 10.2 Å². The minimum atomic E-state index is -1.13. The Hall–Kier alpha value is -3.68. The van der Waals surface area contributed by atoms with Crippen molar-refractivity contribution < 1.29 is 19.1 Å². The molecule has 0 radical (unpaired) electrons. The van der Waals surface area contributed by atoms with Crippen molar-refractivity contribution in [2.75, 3.05) is 4.90 Å². The summed E-state index contributed by atoms with van der Waals surface area (Å²) in [4.78, 5) is 35.7. The average molecular weight is 466 g/mol. The Kier molecular flexibility index (Phi) is 5.13. The van der Waals surface area contributed by atoms with Crippen LogP contribution in [0.3, 0.4) is 0 Å². The minimum Gasteiger partial charge on any atom is -0.405 e. The fraction of sp³-hybridized carbons (Fsp3) is 0.0435. The van der Waals surface area contributed by atoms with Gasteiger partial charge in [-0.05, 0) is 54.6 Å². The van der Waals surface area contributed by atoms with Crippen molar-refractivity contribution >= 4 is 52.1 Å². The third-order valence-electron chi connectivity index (χ3n) is 4.87. The van der Waals surface area contributed by atoms with Crippen LogP contribution < -0.4 is 9.64 Å². The molecule has 5 rings (SSSR count). The zero-order valence-electron chi connectivity index (χ0n) is 16.2. The summed E-state index contributed by atoms with van der Waals surface area (Å²) in [6.45, 7) is 0. The molecule has 2 aromatic heterocycles. The largest absolute Gasteiger partial charge is 0.516 e. The Bertz CT molecular complexity index is 1360. The molecule has 0 saturated carbocycles. The van der Waals surface area contributed by atoms with Crippen molar-refractivity contribution in [2.45, 2.75) is 6.23 Å². The molecule has 32 heavy (non-hydrogen) atoms. The van der Waals surface area contributed by atoms with Gasteiger partial charge >= 0.3 is 6.16 Å². The van der Waals surface area contributed by atoms with Crippen LogP contribution >= 0.6 is 23.2 Å². The van der Waals surface area contributed by atoms with Gasteiger partial charge in [-0.2, -0.15) is 0 Å². The molecule has 1 unspecified atom stereocenters. The van der Waals surface area contributed by atoms with Gasteiger partial charge in [0.05, 0.1) is 0 Å². The molecule has 1 atom stereocenters. The van der Waals surface area contributed by atoms with Gasteiger partial charge in [-0.1, -0.05) is 41.4 Å². The number of hydrogen-bond donors (Lipinski definition) is 0. The number of carbonyl (C=O) groups excluding carboxylic acids is 2. The number of pyridine rings is 2. The van der Waals surface area contributed by atoms with Crippen molar-refractivity contribution in [1.29, 1.82) is 0 Å². The first kappa shape index (κ1) is 20.2. The Morgan fingerprint density at radius 2 is 1.72 bits per heavy atom. The molecule has 0 N–H and O–H groups in total. The van der Waals surface area contributed by atoms with E-state index >= 15 is 0 Å². The summed E-state index contributed by atoms with van der Waals surface area (Å²) in [5.74, 6) is 0.146. The number of nitrogens with zero attached hydrogens (tertiary/aromatic N) is 3. The Labute approximate surface area is 192 Å². The number of rotatable bonds is 3. The van der Waals surface area contributed by atoms with Gasteiger partial charge in [0.2, 0.25) is 6.23 Å². The first-order valence-electron chi connectivity index (χ1n) is 9.49. The molecular formula is C23H13Cl2N3O4. The highest BCUT2D eigenvalue weighted by Gasteiger charge is 2.42. The number of anilines is 1. The molecule has 0 saturated heterocycles. The fourth-order valence-electron chi connectivity index (χ4n) is 3.45. The molecule has 2 aromatic carbocycles. The van der Waals surface area contributed by atoms with E-state index in [0.717, 1.165) is 5.39 Å². The van der Waals surface area contributed by atoms with Crippen molar-refractivity contribution in [3.8, 4) is 5.75 Å². The molecule has 0 aliphatic carbocycles. The summed E-state index contributed by atoms with van der Waals surface area (Å²) in [7, 11) is 0. The van der Waals surface area contributed by atoms with Crippen molar-refractivity contribution in [1.82, 2.24) is 9.97 Å². The van der Waals surface area contributed by atoms with Gasteiger partial charge < -0.3 is 9.47 Å². The molecule has 1 aliphatic heterocycles. The van der Waals surface area contributed by atoms with E-state index in [9.17, 15) is 9.59 Å². The van der Waals surface area contributed by atoms with Crippen LogP contribution in [0.4, 0.5) is 10.6 Å². The maximum atomic E-state index is 13.2. The molecule has 1 amide bonds. The van der Waals surface area contributed by atoms with Crippen LogP contribution in [-0.4, -0.2) is 22.0 Å². The highest BCUT2D eigenvalue weighted by molar-refractivity contribution is 6.31. The van der Waals surface area contributed by atoms with E-state index in [1.165, 1.54) is 4.90 Å². The number of carbonyl (C=O) groups is 2. The van der Waals surface area contributed by atoms with E-state index in [1.807, 2.05) is 0 Å². The topological polar surface area (TPSA) is 81.6 Å². The van der Waals surface area contributed by atoms with Gasteiger partial charge in [0.25, 0.3) is 5.91 Å². The highest BCUT2D eigenvalue weighted by Crippen LogP contribution is 2.39. The standard InChI is InChI=1S/C23H13Cl2N3O4/c24-14-8-9-16-17(12-14)22(32-23(30)31-15-4-2-1-3-5-15)28(21(16)29)19-11-7-13-6-10-18(25)26-20(13)27-19/h1-12,22H. The van der Waals surface area contributed by atoms with Crippen LogP contribution in [0.1, 0.15) is 22.1 Å². The second-order valence-corrected chi connectivity index (χ2v) is 7.72. The quantitative estimate of drug-likeness (QED) is 0.215. The summed E-state index contributed by atoms with van der Waals surface area (Å²) in [5, 5.41) is 1.40. The van der Waals surface area contributed by atoms with E-state index < -0.39 is 18.3 Å². The molecule has 3 heterocycles. The van der Waals surface area contributed by atoms with E-state index in [4.69, 9.17) is 32.7 Å². The molecule has 4 aromatic rings. The maximum absolute atomic E-state index is 13.2. The molecule has 7 nitrogen and oxygen atoms in total. The molecule has 158 valence electrons. The summed E-state index contributed by atoms with van der Waals surface area (Å²) in [6.07, 6.45) is -2.11. The minimum absolute atomic E-state index is 0.238. The lowest BCUT2D eigenvalue weighted by molar-refractivity contribution is 0.0569. The van der Waals surface area contributed by atoms with E-state index in [2.05, 4.69) is 9.97 Å². The Morgan fingerprint density at radius 3 is 2.53 bits per heavy atom. The van der Waals surface area contributed by atoms with E-state index in [-0.39, 0.29) is 11.0 Å². The zero-order valence-corrected chi connectivity index (χ0v) is 17.7. The lowest BCUT2D eigenvalue weighted by Gasteiger charge is -2.24. The molecule has 1 aliphatic rings. The van der Waals surface area contributed by atoms with Crippen LogP contribution in [0.5, 0.6) is 5.75 Å². The number of para-hydroxylation sites is 1. The SMILES string of the molecule is O=C(Oc1ccccc1)OC1c2cc(Cl)ccc2C(=O)N1c1ccc2ccc(Cl)nc2n1. The van der Waals surface area contributed by atoms with Gasteiger partial charge in [-0.25, -0.2) is 14.8 Å². The summed E-state index contributed by atoms with van der Waals surface area (Å²) in [6, 6.07) is 20.0. The number of amides is 1. The monoisotopic (exact) mass is 465 g/mol. The zero-order chi connectivity index (χ0) is 22.2. The summed E-state index contributed by atoms with van der Waals surface area (Å²) < 4.78 is 10.8. The second kappa shape index (κ2) is 8.11. The molecular weight excluding hydrogens is 453 g/mol. The molecule has 0 spiro atoms. The number of hydrogen-bond acceptors (Lipinski definition) is 6. The first-order valence-corrected chi connectivity index (χ1v) is 10.2. The smallest absolute Gasteiger partial charge is 0.405 e. The predicted octanol–water partition coefficient (Wildman–Crippen LogP) is 5.81. The first-order chi connectivity index (χ1) is 15.5. The second-order valence-electron chi connectivity index (χ2n) is 6.89. The Balaban J connectivity index is 1.54. The maximum Gasteiger partial charge on any atom is 0.516 e. The number of fused-ring (bicyclic) bond motifs is 2. The molecule has 0 fully saturated rings. The van der Waals surface area contributed by atoms with Gasteiger partial charge in [0, 0.05) is 21.5 Å². The van der Waals surface area contributed by atoms with E-state index in [0.29, 0.717) is 27.5 Å². The highest BCUT2D eigenvalue weighted by atomic mass is 35.5. The molecule has 0 bridgehead atoms. The lowest BCUT2D eigenvalue weighted by atomic mass is 10.1.